The van der Waals surface area contributed by atoms with Crippen LogP contribution in [0.15, 0.2) is 54.4 Å². The quantitative estimate of drug-likeness (QED) is 0.507. The van der Waals surface area contributed by atoms with Gasteiger partial charge in [0.25, 0.3) is 11.7 Å². The Balaban J connectivity index is 2.14. The standard InChI is InChI=1S/C20H19FN2O3/c1-2-3-11-23-17(14-5-4-10-22-12-14)16(19(25)20(23)26)18(24)13-6-8-15(21)9-7-13/h4-10,12,17,24H,2-3,11H2,1H3/b18-16-. The molecule has 2 heterocycles. The first-order valence-corrected chi connectivity index (χ1v) is 8.49. The summed E-state index contributed by atoms with van der Waals surface area (Å²) in [4.78, 5) is 30.7. The smallest absolute Gasteiger partial charge is 0.295 e. The van der Waals surface area contributed by atoms with E-state index in [1.54, 1.807) is 24.5 Å². The highest BCUT2D eigenvalue weighted by molar-refractivity contribution is 6.46. The maximum atomic E-state index is 13.2. The predicted molar refractivity (Wildman–Crippen MR) is 94.6 cm³/mol. The Bertz CT molecular complexity index is 847. The van der Waals surface area contributed by atoms with Crippen LogP contribution in [-0.2, 0) is 9.59 Å². The Morgan fingerprint density at radius 2 is 1.96 bits per heavy atom. The van der Waals surface area contributed by atoms with E-state index >= 15 is 0 Å². The highest BCUT2D eigenvalue weighted by Crippen LogP contribution is 2.39. The second kappa shape index (κ2) is 7.47. The third kappa shape index (κ3) is 3.22. The molecule has 26 heavy (non-hydrogen) atoms. The van der Waals surface area contributed by atoms with Gasteiger partial charge in [0.15, 0.2) is 0 Å². The Labute approximate surface area is 150 Å². The molecule has 0 radical (unpaired) electrons. The Morgan fingerprint density at radius 3 is 2.58 bits per heavy atom. The highest BCUT2D eigenvalue weighted by atomic mass is 19.1. The molecule has 1 N–H and O–H groups in total. The van der Waals surface area contributed by atoms with Crippen molar-refractivity contribution in [3.63, 3.8) is 0 Å². The first-order valence-electron chi connectivity index (χ1n) is 8.49. The number of carbonyl (C=O) groups is 2. The van der Waals surface area contributed by atoms with Crippen LogP contribution in [0.2, 0.25) is 0 Å². The minimum Gasteiger partial charge on any atom is -0.507 e. The molecule has 1 unspecified atom stereocenters. The zero-order valence-corrected chi connectivity index (χ0v) is 14.4. The molecule has 1 amide bonds. The van der Waals surface area contributed by atoms with Gasteiger partial charge < -0.3 is 10.0 Å². The van der Waals surface area contributed by atoms with Crippen LogP contribution in [-0.4, -0.2) is 33.2 Å². The van der Waals surface area contributed by atoms with Crippen LogP contribution in [0.3, 0.4) is 0 Å². The lowest BCUT2D eigenvalue weighted by molar-refractivity contribution is -0.139. The summed E-state index contributed by atoms with van der Waals surface area (Å²) in [5, 5.41) is 10.7. The number of aliphatic hydroxyl groups excluding tert-OH is 1. The summed E-state index contributed by atoms with van der Waals surface area (Å²) in [6.07, 6.45) is 4.77. The van der Waals surface area contributed by atoms with Gasteiger partial charge in [-0.15, -0.1) is 0 Å². The molecule has 1 saturated heterocycles. The number of hydrogen-bond donors (Lipinski definition) is 1. The third-order valence-electron chi connectivity index (χ3n) is 4.41. The number of ketones is 1. The number of Topliss-reactive ketones (excluding diaryl/α,β-unsaturated/α-hetero) is 1. The van der Waals surface area contributed by atoms with Crippen LogP contribution in [0.4, 0.5) is 4.39 Å². The average molecular weight is 354 g/mol. The summed E-state index contributed by atoms with van der Waals surface area (Å²) in [5.74, 6) is -2.14. The molecule has 6 heteroatoms. The fourth-order valence-corrected chi connectivity index (χ4v) is 3.09. The lowest BCUT2D eigenvalue weighted by atomic mass is 9.96. The van der Waals surface area contributed by atoms with Crippen LogP contribution in [0.25, 0.3) is 5.76 Å². The van der Waals surface area contributed by atoms with Gasteiger partial charge in [-0.25, -0.2) is 4.39 Å². The van der Waals surface area contributed by atoms with Crippen molar-refractivity contribution < 1.29 is 19.1 Å². The summed E-state index contributed by atoms with van der Waals surface area (Å²) >= 11 is 0. The number of rotatable bonds is 5. The molecule has 1 aliphatic heterocycles. The minimum absolute atomic E-state index is 0.00529. The van der Waals surface area contributed by atoms with Crippen molar-refractivity contribution in [3.05, 3.63) is 71.3 Å². The number of pyridine rings is 1. The molecule has 3 rings (SSSR count). The van der Waals surface area contributed by atoms with Gasteiger partial charge in [0.2, 0.25) is 0 Å². The van der Waals surface area contributed by atoms with E-state index in [4.69, 9.17) is 0 Å². The fraction of sp³-hybridized carbons (Fsp3) is 0.250. The number of likely N-dealkylation sites (tertiary alicyclic amines) is 1. The predicted octanol–water partition coefficient (Wildman–Crippen LogP) is 3.44. The molecule has 5 nitrogen and oxygen atoms in total. The van der Waals surface area contributed by atoms with Crippen LogP contribution < -0.4 is 0 Å². The van der Waals surface area contributed by atoms with Crippen LogP contribution >= 0.6 is 0 Å². The number of amides is 1. The third-order valence-corrected chi connectivity index (χ3v) is 4.41. The van der Waals surface area contributed by atoms with Crippen LogP contribution in [0.1, 0.15) is 36.9 Å². The molecule has 1 aromatic heterocycles. The van der Waals surface area contributed by atoms with Gasteiger partial charge in [0, 0.05) is 24.5 Å². The topological polar surface area (TPSA) is 70.5 Å². The van der Waals surface area contributed by atoms with Gasteiger partial charge in [0.1, 0.15) is 11.6 Å². The van der Waals surface area contributed by atoms with Crippen molar-refractivity contribution in [3.8, 4) is 0 Å². The Kier molecular flexibility index (Phi) is 5.11. The van der Waals surface area contributed by atoms with E-state index < -0.39 is 23.5 Å². The maximum Gasteiger partial charge on any atom is 0.295 e. The summed E-state index contributed by atoms with van der Waals surface area (Å²) in [7, 11) is 0. The monoisotopic (exact) mass is 354 g/mol. The average Bonchev–Trinajstić information content (AvgIpc) is 2.91. The molecular formula is C20H19FN2O3. The van der Waals surface area contributed by atoms with Crippen LogP contribution in [0.5, 0.6) is 0 Å². The number of benzene rings is 1. The highest BCUT2D eigenvalue weighted by Gasteiger charge is 2.45. The van der Waals surface area contributed by atoms with E-state index in [9.17, 15) is 19.1 Å². The Hall–Kier alpha value is -3.02. The summed E-state index contributed by atoms with van der Waals surface area (Å²) < 4.78 is 13.2. The van der Waals surface area contributed by atoms with E-state index in [-0.39, 0.29) is 16.9 Å². The van der Waals surface area contributed by atoms with Gasteiger partial charge in [-0.2, -0.15) is 0 Å². The molecule has 134 valence electrons. The molecular weight excluding hydrogens is 335 g/mol. The fourth-order valence-electron chi connectivity index (χ4n) is 3.09. The number of aromatic nitrogens is 1. The number of nitrogens with zero attached hydrogens (tertiary/aromatic N) is 2. The van der Waals surface area contributed by atoms with E-state index in [0.29, 0.717) is 12.1 Å². The number of hydrogen-bond acceptors (Lipinski definition) is 4. The zero-order chi connectivity index (χ0) is 18.7. The molecule has 0 aliphatic carbocycles. The molecule has 2 aromatic rings. The molecule has 1 aromatic carbocycles. The van der Waals surface area contributed by atoms with E-state index in [2.05, 4.69) is 4.98 Å². The SMILES string of the molecule is CCCCN1C(=O)C(=O)/C(=C(\O)c2ccc(F)cc2)C1c1cccnc1. The number of aliphatic hydroxyl groups is 1. The molecule has 0 bridgehead atoms. The lowest BCUT2D eigenvalue weighted by Gasteiger charge is -2.24. The van der Waals surface area contributed by atoms with E-state index in [1.165, 1.54) is 29.2 Å². The van der Waals surface area contributed by atoms with Crippen molar-refractivity contribution in [2.75, 3.05) is 6.54 Å². The number of carbonyl (C=O) groups excluding carboxylic acids is 2. The van der Waals surface area contributed by atoms with Gasteiger partial charge in [-0.05, 0) is 42.3 Å². The van der Waals surface area contributed by atoms with Crippen molar-refractivity contribution in [1.82, 2.24) is 9.88 Å². The maximum absolute atomic E-state index is 13.2. The van der Waals surface area contributed by atoms with Crippen molar-refractivity contribution in [2.45, 2.75) is 25.8 Å². The van der Waals surface area contributed by atoms with Gasteiger partial charge in [0.05, 0.1) is 11.6 Å². The zero-order valence-electron chi connectivity index (χ0n) is 14.4. The summed E-state index contributed by atoms with van der Waals surface area (Å²) in [5.41, 5.74) is 0.936. The molecule has 1 atom stereocenters. The van der Waals surface area contributed by atoms with Crippen molar-refractivity contribution >= 4 is 17.4 Å². The van der Waals surface area contributed by atoms with Gasteiger partial charge >= 0.3 is 0 Å². The van der Waals surface area contributed by atoms with E-state index in [1.807, 2.05) is 6.92 Å². The molecule has 1 fully saturated rings. The number of halogens is 1. The van der Waals surface area contributed by atoms with Crippen LogP contribution in [0, 0.1) is 5.82 Å². The lowest BCUT2D eigenvalue weighted by Crippen LogP contribution is -2.30. The molecule has 1 aliphatic rings. The van der Waals surface area contributed by atoms with E-state index in [0.717, 1.165) is 12.8 Å². The summed E-state index contributed by atoms with van der Waals surface area (Å²) in [6, 6.07) is 7.92. The first-order chi connectivity index (χ1) is 12.5. The summed E-state index contributed by atoms with van der Waals surface area (Å²) in [6.45, 7) is 2.40. The van der Waals surface area contributed by atoms with Gasteiger partial charge in [-0.3, -0.25) is 14.6 Å². The second-order valence-corrected chi connectivity index (χ2v) is 6.14. The molecule has 0 saturated carbocycles. The van der Waals surface area contributed by atoms with Gasteiger partial charge in [-0.1, -0.05) is 19.4 Å². The molecule has 0 spiro atoms. The minimum atomic E-state index is -0.739. The Morgan fingerprint density at radius 1 is 1.23 bits per heavy atom. The van der Waals surface area contributed by atoms with Crippen molar-refractivity contribution in [1.29, 1.82) is 0 Å². The largest absolute Gasteiger partial charge is 0.507 e. The second-order valence-electron chi connectivity index (χ2n) is 6.14. The first kappa shape index (κ1) is 17.8. The normalized spacial score (nSPS) is 19.2. The number of unbranched alkanes of at least 4 members (excludes halogenated alkanes) is 1. The van der Waals surface area contributed by atoms with Crippen molar-refractivity contribution in [2.24, 2.45) is 0 Å².